The fraction of sp³-hybridized carbons (Fsp3) is 0.556. The minimum Gasteiger partial charge on any atom is -0.455 e. The average molecular weight is 170 g/mol. The predicted octanol–water partition coefficient (Wildman–Crippen LogP) is 1.47. The zero-order chi connectivity index (χ0) is 9.78. The molecule has 0 aliphatic heterocycles. The molecule has 0 unspecified atom stereocenters. The van der Waals surface area contributed by atoms with Crippen molar-refractivity contribution in [2.75, 3.05) is 0 Å². The normalized spacial score (nSPS) is 10.6. The van der Waals surface area contributed by atoms with Crippen LogP contribution in [-0.2, 0) is 14.3 Å². The second-order valence-corrected chi connectivity index (χ2v) is 3.16. The van der Waals surface area contributed by atoms with E-state index in [2.05, 4.69) is 6.58 Å². The summed E-state index contributed by atoms with van der Waals surface area (Å²) in [5, 5.41) is 0. The Kier molecular flexibility index (Phi) is 3.67. The highest BCUT2D eigenvalue weighted by Gasteiger charge is 2.18. The van der Waals surface area contributed by atoms with Crippen molar-refractivity contribution in [2.45, 2.75) is 32.8 Å². The van der Waals surface area contributed by atoms with Crippen molar-refractivity contribution in [3.63, 3.8) is 0 Å². The summed E-state index contributed by atoms with van der Waals surface area (Å²) in [6.45, 7) is 8.26. The first-order chi connectivity index (χ1) is 5.37. The molecule has 0 rings (SSSR count). The molecule has 3 heteroatoms. The van der Waals surface area contributed by atoms with E-state index in [0.29, 0.717) is 0 Å². The molecule has 68 valence electrons. The summed E-state index contributed by atoms with van der Waals surface area (Å²) in [4.78, 5) is 21.4. The molecule has 0 bridgehead atoms. The van der Waals surface area contributed by atoms with E-state index < -0.39 is 11.6 Å². The molecule has 0 aromatic heterocycles. The number of esters is 1. The molecule has 0 atom stereocenters. The summed E-state index contributed by atoms with van der Waals surface area (Å²) >= 11 is 0. The van der Waals surface area contributed by atoms with Crippen molar-refractivity contribution >= 4 is 11.8 Å². The Morgan fingerprint density at radius 1 is 1.50 bits per heavy atom. The molecule has 0 aromatic carbocycles. The molecular weight excluding hydrogens is 156 g/mol. The first-order valence-corrected chi connectivity index (χ1v) is 3.72. The summed E-state index contributed by atoms with van der Waals surface area (Å²) in [5.41, 5.74) is -0.688. The highest BCUT2D eigenvalue weighted by atomic mass is 16.6. The van der Waals surface area contributed by atoms with Gasteiger partial charge in [0.15, 0.2) is 0 Å². The zero-order valence-corrected chi connectivity index (χ0v) is 7.72. The van der Waals surface area contributed by atoms with Gasteiger partial charge in [-0.05, 0) is 26.8 Å². The van der Waals surface area contributed by atoms with Crippen LogP contribution in [0, 0.1) is 0 Å². The smallest absolute Gasteiger partial charge is 0.314 e. The molecule has 0 saturated heterocycles. The number of ketones is 1. The van der Waals surface area contributed by atoms with Crippen molar-refractivity contribution in [1.29, 1.82) is 0 Å². The largest absolute Gasteiger partial charge is 0.455 e. The van der Waals surface area contributed by atoms with Crippen LogP contribution < -0.4 is 0 Å². The molecule has 0 aliphatic carbocycles. The monoisotopic (exact) mass is 170 g/mol. The Balaban J connectivity index is 4.00. The molecule has 0 N–H and O–H groups in total. The third-order valence-electron chi connectivity index (χ3n) is 1.26. The van der Waals surface area contributed by atoms with E-state index in [1.54, 1.807) is 13.8 Å². The van der Waals surface area contributed by atoms with Crippen molar-refractivity contribution in [1.82, 2.24) is 0 Å². The number of ether oxygens (including phenoxy) is 1. The van der Waals surface area contributed by atoms with Crippen LogP contribution in [-0.4, -0.2) is 17.4 Å². The first-order valence-electron chi connectivity index (χ1n) is 3.72. The molecule has 0 saturated carbocycles. The first kappa shape index (κ1) is 10.9. The molecule has 0 spiro atoms. The fourth-order valence-electron chi connectivity index (χ4n) is 0.574. The Morgan fingerprint density at radius 3 is 2.33 bits per heavy atom. The second kappa shape index (κ2) is 4.04. The maximum Gasteiger partial charge on any atom is 0.314 e. The van der Waals surface area contributed by atoms with E-state index in [9.17, 15) is 9.59 Å². The van der Waals surface area contributed by atoms with E-state index in [1.165, 1.54) is 13.0 Å². The van der Waals surface area contributed by atoms with E-state index in [4.69, 9.17) is 4.74 Å². The number of carbonyl (C=O) groups excluding carboxylic acids is 2. The molecule has 3 nitrogen and oxygen atoms in total. The maximum atomic E-state index is 10.9. The van der Waals surface area contributed by atoms with Crippen LogP contribution in [0.4, 0.5) is 0 Å². The lowest BCUT2D eigenvalue weighted by Crippen LogP contribution is -2.26. The SMILES string of the molecule is C=CC(C)(C)OC(=O)CC(C)=O. The van der Waals surface area contributed by atoms with Crippen LogP contribution in [0.5, 0.6) is 0 Å². The van der Waals surface area contributed by atoms with Gasteiger partial charge in [-0.15, -0.1) is 0 Å². The lowest BCUT2D eigenvalue weighted by Gasteiger charge is -2.20. The van der Waals surface area contributed by atoms with Gasteiger partial charge in [-0.2, -0.15) is 0 Å². The average Bonchev–Trinajstić information content (AvgIpc) is 1.84. The van der Waals surface area contributed by atoms with E-state index >= 15 is 0 Å². The summed E-state index contributed by atoms with van der Waals surface area (Å²) in [7, 11) is 0. The second-order valence-electron chi connectivity index (χ2n) is 3.16. The van der Waals surface area contributed by atoms with Gasteiger partial charge in [0.2, 0.25) is 0 Å². The summed E-state index contributed by atoms with van der Waals surface area (Å²) < 4.78 is 4.92. The maximum absolute atomic E-state index is 10.9. The minimum absolute atomic E-state index is 0.169. The molecule has 0 fully saturated rings. The van der Waals surface area contributed by atoms with Crippen LogP contribution in [0.3, 0.4) is 0 Å². The lowest BCUT2D eigenvalue weighted by atomic mass is 10.1. The third kappa shape index (κ3) is 4.66. The topological polar surface area (TPSA) is 43.4 Å². The van der Waals surface area contributed by atoms with Crippen molar-refractivity contribution in [3.8, 4) is 0 Å². The Bertz CT molecular complexity index is 204. The molecule has 0 amide bonds. The van der Waals surface area contributed by atoms with E-state index in [-0.39, 0.29) is 12.2 Å². The standard InChI is InChI=1S/C9H14O3/c1-5-9(3,4)12-8(11)6-7(2)10/h5H,1,6H2,2-4H3. The van der Waals surface area contributed by atoms with E-state index in [0.717, 1.165) is 0 Å². The summed E-state index contributed by atoms with van der Waals surface area (Å²) in [5.74, 6) is -0.702. The Hall–Kier alpha value is -1.12. The number of hydrogen-bond acceptors (Lipinski definition) is 3. The molecule has 0 heterocycles. The van der Waals surface area contributed by atoms with Gasteiger partial charge < -0.3 is 4.74 Å². The molecule has 0 aliphatic rings. The molecule has 0 radical (unpaired) electrons. The van der Waals surface area contributed by atoms with Gasteiger partial charge in [0.05, 0.1) is 0 Å². The van der Waals surface area contributed by atoms with Gasteiger partial charge in [-0.25, -0.2) is 0 Å². The van der Waals surface area contributed by atoms with Gasteiger partial charge in [-0.3, -0.25) is 9.59 Å². The molecule has 0 aromatic rings. The van der Waals surface area contributed by atoms with Crippen molar-refractivity contribution in [3.05, 3.63) is 12.7 Å². The Morgan fingerprint density at radius 2 is 2.00 bits per heavy atom. The minimum atomic E-state index is -0.688. The number of hydrogen-bond donors (Lipinski definition) is 0. The molecular formula is C9H14O3. The van der Waals surface area contributed by atoms with Crippen molar-refractivity contribution < 1.29 is 14.3 Å². The van der Waals surface area contributed by atoms with Crippen LogP contribution in [0.2, 0.25) is 0 Å². The van der Waals surface area contributed by atoms with Gasteiger partial charge >= 0.3 is 5.97 Å². The molecule has 12 heavy (non-hydrogen) atoms. The van der Waals surface area contributed by atoms with Crippen LogP contribution in [0.25, 0.3) is 0 Å². The third-order valence-corrected chi connectivity index (χ3v) is 1.26. The lowest BCUT2D eigenvalue weighted by molar-refractivity contribution is -0.153. The van der Waals surface area contributed by atoms with Gasteiger partial charge in [-0.1, -0.05) is 6.58 Å². The fourth-order valence-corrected chi connectivity index (χ4v) is 0.574. The number of Topliss-reactive ketones (excluding diaryl/α,β-unsaturated/α-hetero) is 1. The van der Waals surface area contributed by atoms with Crippen LogP contribution in [0.15, 0.2) is 12.7 Å². The highest BCUT2D eigenvalue weighted by molar-refractivity contribution is 5.94. The van der Waals surface area contributed by atoms with Gasteiger partial charge in [0, 0.05) is 0 Å². The quantitative estimate of drug-likeness (QED) is 0.364. The highest BCUT2D eigenvalue weighted by Crippen LogP contribution is 2.10. The van der Waals surface area contributed by atoms with Crippen LogP contribution in [0.1, 0.15) is 27.2 Å². The zero-order valence-electron chi connectivity index (χ0n) is 7.72. The summed E-state index contributed by atoms with van der Waals surface area (Å²) in [6.07, 6.45) is 1.35. The van der Waals surface area contributed by atoms with Gasteiger partial charge in [0.1, 0.15) is 17.8 Å². The van der Waals surface area contributed by atoms with E-state index in [1.807, 2.05) is 0 Å². The van der Waals surface area contributed by atoms with Crippen molar-refractivity contribution in [2.24, 2.45) is 0 Å². The summed E-state index contributed by atoms with van der Waals surface area (Å²) in [6, 6.07) is 0. The number of rotatable bonds is 4. The van der Waals surface area contributed by atoms with Gasteiger partial charge in [0.25, 0.3) is 0 Å². The Labute approximate surface area is 72.4 Å². The number of carbonyl (C=O) groups is 2. The van der Waals surface area contributed by atoms with Crippen LogP contribution >= 0.6 is 0 Å². The predicted molar refractivity (Wildman–Crippen MR) is 45.7 cm³/mol.